The van der Waals surface area contributed by atoms with E-state index in [4.69, 9.17) is 11.6 Å². The maximum absolute atomic E-state index is 12.6. The molecule has 0 radical (unpaired) electrons. The topological polar surface area (TPSA) is 83.9 Å². The molecule has 1 aromatic rings. The number of hydrogen-bond acceptors (Lipinski definition) is 5. The lowest BCUT2D eigenvalue weighted by atomic mass is 10.1. The number of carbonyl (C=O) groups is 1. The molecule has 1 saturated heterocycles. The van der Waals surface area contributed by atoms with Crippen LogP contribution in [-0.2, 0) is 14.8 Å². The van der Waals surface area contributed by atoms with E-state index in [1.807, 2.05) is 0 Å². The van der Waals surface area contributed by atoms with Crippen molar-refractivity contribution in [1.82, 2.24) is 4.31 Å². The highest BCUT2D eigenvalue weighted by molar-refractivity contribution is 7.89. The summed E-state index contributed by atoms with van der Waals surface area (Å²) >= 11 is 5.97. The fourth-order valence-corrected chi connectivity index (χ4v) is 4.14. The van der Waals surface area contributed by atoms with Crippen molar-refractivity contribution < 1.29 is 23.1 Å². The van der Waals surface area contributed by atoms with Gasteiger partial charge in [-0.05, 0) is 31.0 Å². The van der Waals surface area contributed by atoms with E-state index < -0.39 is 22.1 Å². The van der Waals surface area contributed by atoms with Crippen LogP contribution in [0.3, 0.4) is 0 Å². The van der Waals surface area contributed by atoms with Crippen molar-refractivity contribution in [2.45, 2.75) is 23.8 Å². The van der Waals surface area contributed by atoms with Crippen LogP contribution in [0.4, 0.5) is 0 Å². The van der Waals surface area contributed by atoms with E-state index in [1.165, 1.54) is 29.6 Å². The summed E-state index contributed by atoms with van der Waals surface area (Å²) in [6, 6.07) is 3.99. The Hall–Kier alpha value is -1.15. The molecule has 0 unspecified atom stereocenters. The highest BCUT2D eigenvalue weighted by atomic mass is 35.5. The Kier molecular flexibility index (Phi) is 4.88. The first-order valence-corrected chi connectivity index (χ1v) is 8.24. The summed E-state index contributed by atoms with van der Waals surface area (Å²) in [4.78, 5) is 11.4. The first kappa shape index (κ1) is 16.2. The minimum atomic E-state index is -3.80. The van der Waals surface area contributed by atoms with Crippen LogP contribution in [0.5, 0.6) is 0 Å². The Labute approximate surface area is 128 Å². The molecule has 21 heavy (non-hydrogen) atoms. The van der Waals surface area contributed by atoms with Gasteiger partial charge in [0.25, 0.3) is 0 Å². The predicted molar refractivity (Wildman–Crippen MR) is 76.8 cm³/mol. The lowest BCUT2D eigenvalue weighted by molar-refractivity contribution is 0.0600. The van der Waals surface area contributed by atoms with Gasteiger partial charge in [0.15, 0.2) is 0 Å². The van der Waals surface area contributed by atoms with Gasteiger partial charge in [0, 0.05) is 13.1 Å². The number of hydrogen-bond donors (Lipinski definition) is 1. The molecule has 0 atom stereocenters. The maximum atomic E-state index is 12.6. The standard InChI is InChI=1S/C13H16ClNO5S/c1-20-13(17)9-2-3-11(14)12(8-9)21(18,19)15-6-4-10(16)5-7-15/h2-3,8,10,16H,4-7H2,1H3. The third-order valence-corrected chi connectivity index (χ3v) is 5.77. The number of benzene rings is 1. The number of aliphatic hydroxyl groups is 1. The maximum Gasteiger partial charge on any atom is 0.337 e. The number of halogens is 1. The Morgan fingerprint density at radius 2 is 2.00 bits per heavy atom. The predicted octanol–water partition coefficient (Wildman–Crippen LogP) is 1.27. The molecule has 0 aliphatic carbocycles. The first-order valence-electron chi connectivity index (χ1n) is 6.42. The monoisotopic (exact) mass is 333 g/mol. The van der Waals surface area contributed by atoms with Gasteiger partial charge in [-0.3, -0.25) is 0 Å². The van der Waals surface area contributed by atoms with E-state index >= 15 is 0 Å². The van der Waals surface area contributed by atoms with E-state index in [9.17, 15) is 18.3 Å². The van der Waals surface area contributed by atoms with Gasteiger partial charge in [0.1, 0.15) is 4.90 Å². The van der Waals surface area contributed by atoms with Gasteiger partial charge >= 0.3 is 5.97 Å². The number of nitrogens with zero attached hydrogens (tertiary/aromatic N) is 1. The van der Waals surface area contributed by atoms with E-state index in [0.29, 0.717) is 12.8 Å². The van der Waals surface area contributed by atoms with Gasteiger partial charge in [-0.25, -0.2) is 13.2 Å². The molecule has 0 spiro atoms. The quantitative estimate of drug-likeness (QED) is 0.842. The second kappa shape index (κ2) is 6.31. The van der Waals surface area contributed by atoms with Crippen LogP contribution >= 0.6 is 11.6 Å². The number of ether oxygens (including phenoxy) is 1. The number of aliphatic hydroxyl groups excluding tert-OH is 1. The zero-order chi connectivity index (χ0) is 15.6. The van der Waals surface area contributed by atoms with Crippen molar-refractivity contribution in [3.8, 4) is 0 Å². The van der Waals surface area contributed by atoms with Gasteiger partial charge in [-0.2, -0.15) is 4.31 Å². The molecule has 0 saturated carbocycles. The second-order valence-electron chi connectivity index (χ2n) is 4.77. The van der Waals surface area contributed by atoms with E-state index in [2.05, 4.69) is 4.74 Å². The molecule has 0 amide bonds. The number of piperidine rings is 1. The number of methoxy groups -OCH3 is 1. The van der Waals surface area contributed by atoms with Crippen molar-refractivity contribution in [2.24, 2.45) is 0 Å². The molecule has 1 aliphatic heterocycles. The average molecular weight is 334 g/mol. The van der Waals surface area contributed by atoms with E-state index in [1.54, 1.807) is 0 Å². The van der Waals surface area contributed by atoms with Gasteiger partial charge in [0.2, 0.25) is 10.0 Å². The van der Waals surface area contributed by atoms with Crippen LogP contribution in [0.1, 0.15) is 23.2 Å². The largest absolute Gasteiger partial charge is 0.465 e. The zero-order valence-corrected chi connectivity index (χ0v) is 13.0. The molecule has 116 valence electrons. The lowest BCUT2D eigenvalue weighted by Gasteiger charge is -2.29. The summed E-state index contributed by atoms with van der Waals surface area (Å²) in [5.74, 6) is -0.628. The third kappa shape index (κ3) is 3.37. The molecule has 1 fully saturated rings. The normalized spacial score (nSPS) is 17.7. The summed E-state index contributed by atoms with van der Waals surface area (Å²) in [5, 5.41) is 9.51. The fraction of sp³-hybridized carbons (Fsp3) is 0.462. The average Bonchev–Trinajstić information content (AvgIpc) is 2.47. The van der Waals surface area contributed by atoms with Gasteiger partial charge in [-0.1, -0.05) is 11.6 Å². The molecule has 0 bridgehead atoms. The summed E-state index contributed by atoms with van der Waals surface area (Å²) in [5.41, 5.74) is 0.123. The molecule has 1 N–H and O–H groups in total. The lowest BCUT2D eigenvalue weighted by Crippen LogP contribution is -2.40. The Balaban J connectivity index is 2.37. The fourth-order valence-electron chi connectivity index (χ4n) is 2.17. The molecular formula is C13H16ClNO5S. The van der Waals surface area contributed by atoms with Crippen molar-refractivity contribution >= 4 is 27.6 Å². The van der Waals surface area contributed by atoms with Crippen molar-refractivity contribution in [3.05, 3.63) is 28.8 Å². The number of carbonyl (C=O) groups excluding carboxylic acids is 1. The van der Waals surface area contributed by atoms with E-state index in [-0.39, 0.29) is 28.6 Å². The minimum absolute atomic E-state index is 0.0498. The van der Waals surface area contributed by atoms with Crippen LogP contribution < -0.4 is 0 Å². The molecule has 0 aromatic heterocycles. The minimum Gasteiger partial charge on any atom is -0.465 e. The van der Waals surface area contributed by atoms with Crippen LogP contribution in [0.25, 0.3) is 0 Å². The van der Waals surface area contributed by atoms with E-state index in [0.717, 1.165) is 0 Å². The van der Waals surface area contributed by atoms with Crippen LogP contribution in [0, 0.1) is 0 Å². The second-order valence-corrected chi connectivity index (χ2v) is 7.09. The molecule has 8 heteroatoms. The summed E-state index contributed by atoms with van der Waals surface area (Å²) < 4.78 is 31.0. The van der Waals surface area contributed by atoms with Crippen LogP contribution in [0.2, 0.25) is 5.02 Å². The highest BCUT2D eigenvalue weighted by Crippen LogP contribution is 2.28. The summed E-state index contributed by atoms with van der Waals surface area (Å²) in [6.07, 6.45) is 0.287. The van der Waals surface area contributed by atoms with Gasteiger partial charge in [-0.15, -0.1) is 0 Å². The summed E-state index contributed by atoms with van der Waals surface area (Å²) in [6.45, 7) is 0.449. The molecule has 2 rings (SSSR count). The van der Waals surface area contributed by atoms with Gasteiger partial charge < -0.3 is 9.84 Å². The van der Waals surface area contributed by atoms with Crippen molar-refractivity contribution in [1.29, 1.82) is 0 Å². The van der Waals surface area contributed by atoms with Gasteiger partial charge in [0.05, 0.1) is 23.8 Å². The Morgan fingerprint density at radius 1 is 1.38 bits per heavy atom. The summed E-state index contributed by atoms with van der Waals surface area (Å²) in [7, 11) is -2.58. The van der Waals surface area contributed by atoms with Crippen molar-refractivity contribution in [3.63, 3.8) is 0 Å². The Morgan fingerprint density at radius 3 is 2.57 bits per heavy atom. The number of rotatable bonds is 3. The molecule has 1 aliphatic rings. The molecule has 6 nitrogen and oxygen atoms in total. The number of esters is 1. The Bertz CT molecular complexity index is 638. The van der Waals surface area contributed by atoms with Crippen LogP contribution in [0.15, 0.2) is 23.1 Å². The number of sulfonamides is 1. The third-order valence-electron chi connectivity index (χ3n) is 3.39. The molecular weight excluding hydrogens is 318 g/mol. The zero-order valence-electron chi connectivity index (χ0n) is 11.5. The SMILES string of the molecule is COC(=O)c1ccc(Cl)c(S(=O)(=O)N2CCC(O)CC2)c1. The first-order chi connectivity index (χ1) is 9.86. The molecule has 1 aromatic carbocycles. The van der Waals surface area contributed by atoms with Crippen molar-refractivity contribution in [2.75, 3.05) is 20.2 Å². The smallest absolute Gasteiger partial charge is 0.337 e. The highest BCUT2D eigenvalue weighted by Gasteiger charge is 2.30. The molecule has 1 heterocycles. The van der Waals surface area contributed by atoms with Crippen LogP contribution in [-0.4, -0.2) is 50.1 Å².